The van der Waals surface area contributed by atoms with Gasteiger partial charge in [0.1, 0.15) is 5.69 Å². The second kappa shape index (κ2) is 7.90. The van der Waals surface area contributed by atoms with Gasteiger partial charge in [-0.15, -0.1) is 0 Å². The number of carbonyl (C=O) groups is 1. The van der Waals surface area contributed by atoms with Gasteiger partial charge in [-0.25, -0.2) is 0 Å². The number of pyridine rings is 1. The Morgan fingerprint density at radius 2 is 1.70 bits per heavy atom. The first-order valence-corrected chi connectivity index (χ1v) is 8.14. The third-order valence-electron chi connectivity index (χ3n) is 3.78. The zero-order valence-corrected chi connectivity index (χ0v) is 14.1. The van der Waals surface area contributed by atoms with Crippen molar-refractivity contribution >= 4 is 17.3 Å². The van der Waals surface area contributed by atoms with Crippen LogP contribution in [0.3, 0.4) is 0 Å². The maximum atomic E-state index is 12.8. The number of amides is 1. The first kappa shape index (κ1) is 18.4. The minimum atomic E-state index is -4.47. The van der Waals surface area contributed by atoms with E-state index in [1.54, 1.807) is 12.1 Å². The Labute approximate surface area is 154 Å². The smallest absolute Gasteiger partial charge is 0.381 e. The van der Waals surface area contributed by atoms with Crippen molar-refractivity contribution < 1.29 is 18.0 Å². The lowest BCUT2D eigenvalue weighted by Gasteiger charge is -2.10. The third-order valence-corrected chi connectivity index (χ3v) is 3.78. The first-order chi connectivity index (χ1) is 12.9. The van der Waals surface area contributed by atoms with E-state index in [1.165, 1.54) is 18.3 Å². The minimum Gasteiger partial charge on any atom is -0.381 e. The molecule has 0 atom stereocenters. The van der Waals surface area contributed by atoms with Gasteiger partial charge >= 0.3 is 6.18 Å². The molecule has 1 amide bonds. The number of hydrogen-bond donors (Lipinski definition) is 2. The molecule has 0 saturated heterocycles. The van der Waals surface area contributed by atoms with Crippen molar-refractivity contribution in [1.82, 2.24) is 4.98 Å². The molecule has 7 heteroatoms. The summed E-state index contributed by atoms with van der Waals surface area (Å²) < 4.78 is 38.3. The fourth-order valence-corrected chi connectivity index (χ4v) is 2.43. The molecule has 0 spiro atoms. The Balaban J connectivity index is 1.68. The maximum Gasteiger partial charge on any atom is 0.416 e. The van der Waals surface area contributed by atoms with Crippen molar-refractivity contribution in [3.05, 3.63) is 89.7 Å². The monoisotopic (exact) mass is 371 g/mol. The zero-order chi connectivity index (χ0) is 19.3. The highest BCUT2D eigenvalue weighted by molar-refractivity contribution is 6.03. The van der Waals surface area contributed by atoms with E-state index in [-0.39, 0.29) is 11.4 Å². The van der Waals surface area contributed by atoms with Gasteiger partial charge in [0.05, 0.1) is 5.56 Å². The number of aromatic nitrogens is 1. The highest BCUT2D eigenvalue weighted by Crippen LogP contribution is 2.30. The highest BCUT2D eigenvalue weighted by Gasteiger charge is 2.30. The summed E-state index contributed by atoms with van der Waals surface area (Å²) in [5, 5.41) is 5.62. The molecule has 4 nitrogen and oxygen atoms in total. The molecule has 3 rings (SSSR count). The third kappa shape index (κ3) is 5.07. The van der Waals surface area contributed by atoms with E-state index in [2.05, 4.69) is 15.6 Å². The van der Waals surface area contributed by atoms with Crippen LogP contribution in [0.5, 0.6) is 0 Å². The van der Waals surface area contributed by atoms with E-state index in [0.717, 1.165) is 17.7 Å². The van der Waals surface area contributed by atoms with Crippen LogP contribution < -0.4 is 10.6 Å². The molecule has 1 aromatic heterocycles. The summed E-state index contributed by atoms with van der Waals surface area (Å²) >= 11 is 0. The quantitative estimate of drug-likeness (QED) is 0.666. The topological polar surface area (TPSA) is 54.0 Å². The second-order valence-electron chi connectivity index (χ2n) is 5.80. The van der Waals surface area contributed by atoms with Crippen LogP contribution in [-0.4, -0.2) is 10.9 Å². The average molecular weight is 371 g/mol. The van der Waals surface area contributed by atoms with E-state index in [1.807, 2.05) is 30.3 Å². The number of anilines is 2. The lowest BCUT2D eigenvalue weighted by molar-refractivity contribution is -0.137. The number of nitrogens with zero attached hydrogens (tertiary/aromatic N) is 1. The number of carbonyl (C=O) groups excluding carboxylic acids is 1. The average Bonchev–Trinajstić information content (AvgIpc) is 2.67. The van der Waals surface area contributed by atoms with Crippen molar-refractivity contribution in [3.8, 4) is 0 Å². The van der Waals surface area contributed by atoms with Crippen molar-refractivity contribution in [2.24, 2.45) is 0 Å². The van der Waals surface area contributed by atoms with Crippen molar-refractivity contribution in [2.75, 3.05) is 10.6 Å². The van der Waals surface area contributed by atoms with Gasteiger partial charge in [0.25, 0.3) is 5.91 Å². The Hall–Kier alpha value is -3.35. The van der Waals surface area contributed by atoms with Crippen LogP contribution >= 0.6 is 0 Å². The van der Waals surface area contributed by atoms with Crippen molar-refractivity contribution in [3.63, 3.8) is 0 Å². The Morgan fingerprint density at radius 1 is 0.926 bits per heavy atom. The summed E-state index contributed by atoms with van der Waals surface area (Å²) in [7, 11) is 0. The maximum absolute atomic E-state index is 12.8. The van der Waals surface area contributed by atoms with Gasteiger partial charge in [-0.3, -0.25) is 9.78 Å². The van der Waals surface area contributed by atoms with Crippen LogP contribution in [0.2, 0.25) is 0 Å². The largest absolute Gasteiger partial charge is 0.416 e. The molecular formula is C20H16F3N3O. The molecule has 0 radical (unpaired) electrons. The number of rotatable bonds is 5. The molecular weight excluding hydrogens is 355 g/mol. The van der Waals surface area contributed by atoms with Crippen LogP contribution in [0, 0.1) is 0 Å². The molecule has 3 aromatic rings. The van der Waals surface area contributed by atoms with Gasteiger partial charge in [0.2, 0.25) is 0 Å². The Kier molecular flexibility index (Phi) is 5.40. The Morgan fingerprint density at radius 3 is 2.44 bits per heavy atom. The standard InChI is InChI=1S/C20H16F3N3O/c21-20(22,23)15-7-4-8-17(11-15)26-19(27)18-12-16(9-10-24-18)25-13-14-5-2-1-3-6-14/h1-12H,13H2,(H,24,25)(H,26,27). The van der Waals surface area contributed by atoms with Crippen LogP contribution in [0.15, 0.2) is 72.9 Å². The van der Waals surface area contributed by atoms with Crippen LogP contribution in [0.4, 0.5) is 24.5 Å². The molecule has 0 aliphatic rings. The first-order valence-electron chi connectivity index (χ1n) is 8.14. The second-order valence-corrected chi connectivity index (χ2v) is 5.80. The molecule has 0 unspecified atom stereocenters. The van der Waals surface area contributed by atoms with Crippen LogP contribution in [-0.2, 0) is 12.7 Å². The molecule has 1 heterocycles. The molecule has 0 fully saturated rings. The summed E-state index contributed by atoms with van der Waals surface area (Å²) in [5.74, 6) is -0.585. The number of benzene rings is 2. The molecule has 2 aromatic carbocycles. The van der Waals surface area contributed by atoms with Gasteiger partial charge in [0.15, 0.2) is 0 Å². The summed E-state index contributed by atoms with van der Waals surface area (Å²) in [6.45, 7) is 0.569. The van der Waals surface area contributed by atoms with E-state index in [9.17, 15) is 18.0 Å². The zero-order valence-electron chi connectivity index (χ0n) is 14.1. The molecule has 0 aliphatic carbocycles. The van der Waals surface area contributed by atoms with Gasteiger partial charge in [0, 0.05) is 24.1 Å². The lowest BCUT2D eigenvalue weighted by Crippen LogP contribution is -2.15. The van der Waals surface area contributed by atoms with Gasteiger partial charge in [-0.2, -0.15) is 13.2 Å². The summed E-state index contributed by atoms with van der Waals surface area (Å²) in [4.78, 5) is 16.3. The van der Waals surface area contributed by atoms with Gasteiger partial charge < -0.3 is 10.6 Å². The Bertz CT molecular complexity index is 927. The summed E-state index contributed by atoms with van der Waals surface area (Å²) in [6, 6.07) is 17.4. The fraction of sp³-hybridized carbons (Fsp3) is 0.100. The molecule has 2 N–H and O–H groups in total. The fourth-order valence-electron chi connectivity index (χ4n) is 2.43. The molecule has 0 aliphatic heterocycles. The molecule has 138 valence electrons. The minimum absolute atomic E-state index is 0.0549. The predicted molar refractivity (Wildman–Crippen MR) is 97.4 cm³/mol. The number of nitrogens with one attached hydrogen (secondary N) is 2. The van der Waals surface area contributed by atoms with Crippen molar-refractivity contribution in [2.45, 2.75) is 12.7 Å². The van der Waals surface area contributed by atoms with Crippen LogP contribution in [0.1, 0.15) is 21.6 Å². The number of halogens is 3. The van der Waals surface area contributed by atoms with Gasteiger partial charge in [-0.1, -0.05) is 36.4 Å². The predicted octanol–water partition coefficient (Wildman–Crippen LogP) is 4.96. The van der Waals surface area contributed by atoms with E-state index < -0.39 is 17.6 Å². The van der Waals surface area contributed by atoms with Crippen LogP contribution in [0.25, 0.3) is 0 Å². The van der Waals surface area contributed by atoms with E-state index >= 15 is 0 Å². The molecule has 0 bridgehead atoms. The highest BCUT2D eigenvalue weighted by atomic mass is 19.4. The number of alkyl halides is 3. The van der Waals surface area contributed by atoms with E-state index in [4.69, 9.17) is 0 Å². The lowest BCUT2D eigenvalue weighted by atomic mass is 10.2. The van der Waals surface area contributed by atoms with Crippen molar-refractivity contribution in [1.29, 1.82) is 0 Å². The SMILES string of the molecule is O=C(Nc1cccc(C(F)(F)F)c1)c1cc(NCc2ccccc2)ccn1. The van der Waals surface area contributed by atoms with Gasteiger partial charge in [-0.05, 0) is 35.9 Å². The summed E-state index contributed by atoms with van der Waals surface area (Å²) in [6.07, 6.45) is -3.01. The number of hydrogen-bond acceptors (Lipinski definition) is 3. The molecule has 0 saturated carbocycles. The normalized spacial score (nSPS) is 11.1. The van der Waals surface area contributed by atoms with E-state index in [0.29, 0.717) is 12.2 Å². The summed E-state index contributed by atoms with van der Waals surface area (Å²) in [5.41, 5.74) is 1.09. The molecule has 27 heavy (non-hydrogen) atoms.